The van der Waals surface area contributed by atoms with Crippen molar-refractivity contribution in [3.8, 4) is 11.1 Å². The van der Waals surface area contributed by atoms with Gasteiger partial charge in [0.1, 0.15) is 11.6 Å². The summed E-state index contributed by atoms with van der Waals surface area (Å²) in [5, 5.41) is 16.7. The molecule has 0 saturated carbocycles. The van der Waals surface area contributed by atoms with Crippen LogP contribution in [0.4, 0.5) is 4.79 Å². The third-order valence-electron chi connectivity index (χ3n) is 5.98. The molecule has 2 amide bonds. The zero-order valence-corrected chi connectivity index (χ0v) is 20.1. The lowest BCUT2D eigenvalue weighted by Gasteiger charge is -2.15. The summed E-state index contributed by atoms with van der Waals surface area (Å²) in [6.07, 6.45) is -0.186. The predicted octanol–water partition coefficient (Wildman–Crippen LogP) is 3.95. The van der Waals surface area contributed by atoms with Crippen LogP contribution in [0, 0.1) is 5.92 Å². The topological polar surface area (TPSA) is 118 Å². The van der Waals surface area contributed by atoms with Crippen molar-refractivity contribution < 1.29 is 24.2 Å². The minimum atomic E-state index is -0.941. The lowest BCUT2D eigenvalue weighted by Crippen LogP contribution is -2.33. The van der Waals surface area contributed by atoms with Gasteiger partial charge in [-0.2, -0.15) is 0 Å². The van der Waals surface area contributed by atoms with E-state index in [1.807, 2.05) is 24.3 Å². The summed E-state index contributed by atoms with van der Waals surface area (Å²) in [6.45, 7) is 2.58. The van der Waals surface area contributed by atoms with Crippen molar-refractivity contribution >= 4 is 29.3 Å². The molecule has 0 radical (unpaired) electrons. The number of nitrogens with zero attached hydrogens (tertiary/aromatic N) is 1. The van der Waals surface area contributed by atoms with Gasteiger partial charge in [0.2, 0.25) is 5.91 Å². The summed E-state index contributed by atoms with van der Waals surface area (Å²) < 4.78 is 5.52. The molecule has 3 N–H and O–H groups in total. The Labute approximate surface area is 207 Å². The Morgan fingerprint density at radius 2 is 1.71 bits per heavy atom. The van der Waals surface area contributed by atoms with Crippen LogP contribution >= 0.6 is 11.3 Å². The number of aliphatic carboxylic acids is 1. The van der Waals surface area contributed by atoms with Gasteiger partial charge in [0.25, 0.3) is 0 Å². The molecule has 35 heavy (non-hydrogen) atoms. The monoisotopic (exact) mass is 493 g/mol. The van der Waals surface area contributed by atoms with Gasteiger partial charge in [-0.3, -0.25) is 9.59 Å². The molecule has 1 aromatic heterocycles. The number of rotatable bonds is 10. The maximum atomic E-state index is 12.3. The summed E-state index contributed by atoms with van der Waals surface area (Å²) in [5.41, 5.74) is 5.14. The van der Waals surface area contributed by atoms with Gasteiger partial charge in [0.15, 0.2) is 0 Å². The number of benzene rings is 2. The number of carboxylic acids is 1. The molecule has 1 aliphatic rings. The number of carbonyl (C=O) groups excluding carboxylic acids is 2. The van der Waals surface area contributed by atoms with Crippen molar-refractivity contribution in [2.24, 2.45) is 5.92 Å². The van der Waals surface area contributed by atoms with Crippen molar-refractivity contribution in [3.63, 3.8) is 0 Å². The molecule has 0 bridgehead atoms. The molecule has 4 rings (SSSR count). The van der Waals surface area contributed by atoms with Crippen molar-refractivity contribution in [1.82, 2.24) is 15.6 Å². The van der Waals surface area contributed by atoms with Crippen molar-refractivity contribution in [2.75, 3.05) is 13.2 Å². The maximum absolute atomic E-state index is 12.3. The van der Waals surface area contributed by atoms with E-state index in [1.54, 1.807) is 12.3 Å². The smallest absolute Gasteiger partial charge is 0.407 e. The number of thiazole rings is 1. The highest BCUT2D eigenvalue weighted by molar-refractivity contribution is 7.09. The van der Waals surface area contributed by atoms with Crippen LogP contribution in [-0.4, -0.2) is 41.2 Å². The Bertz CT molecular complexity index is 1180. The summed E-state index contributed by atoms with van der Waals surface area (Å²) >= 11 is 1.31. The van der Waals surface area contributed by atoms with Gasteiger partial charge in [-0.05, 0) is 28.7 Å². The highest BCUT2D eigenvalue weighted by Gasteiger charge is 2.29. The fraction of sp³-hybridized carbons (Fsp3) is 0.308. The molecule has 9 heteroatoms. The van der Waals surface area contributed by atoms with E-state index in [4.69, 9.17) is 9.84 Å². The first-order chi connectivity index (χ1) is 16.9. The molecule has 8 nitrogen and oxygen atoms in total. The second-order valence-corrected chi connectivity index (χ2v) is 9.41. The number of hydrogen-bond acceptors (Lipinski definition) is 6. The number of fused-ring (bicyclic) bond motifs is 3. The van der Waals surface area contributed by atoms with E-state index in [9.17, 15) is 14.4 Å². The second-order valence-electron chi connectivity index (χ2n) is 8.46. The van der Waals surface area contributed by atoms with E-state index in [1.165, 1.54) is 22.5 Å². The molecule has 0 spiro atoms. The number of carboxylic acid groups (broad SMARTS) is 1. The Morgan fingerprint density at radius 1 is 1.06 bits per heavy atom. The number of ether oxygens (including phenoxy) is 1. The standard InChI is InChI=1S/C26H27N3O5S/c1-16(25(32)28-13-23-29-17(15-35-23)12-24(30)31)10-11-27-26(33)34-14-22-20-8-4-2-6-18(20)19-7-3-5-9-21(19)22/h2-9,15-16,22H,10-14H2,1H3,(H,27,33)(H,28,32)(H,30,31). The summed E-state index contributed by atoms with van der Waals surface area (Å²) in [5.74, 6) is -1.42. The van der Waals surface area contributed by atoms with Crippen molar-refractivity contribution in [2.45, 2.75) is 32.2 Å². The summed E-state index contributed by atoms with van der Waals surface area (Å²) in [7, 11) is 0. The SMILES string of the molecule is CC(CCNC(=O)OCC1c2ccccc2-c2ccccc21)C(=O)NCc1nc(CC(=O)O)cs1. The molecule has 0 saturated heterocycles. The van der Waals surface area contributed by atoms with Crippen LogP contribution < -0.4 is 10.6 Å². The maximum Gasteiger partial charge on any atom is 0.407 e. The molecule has 0 aliphatic heterocycles. The molecule has 1 unspecified atom stereocenters. The Kier molecular flexibility index (Phi) is 7.77. The van der Waals surface area contributed by atoms with Crippen LogP contribution in [0.25, 0.3) is 11.1 Å². The first kappa shape index (κ1) is 24.4. The van der Waals surface area contributed by atoms with E-state index in [0.29, 0.717) is 23.7 Å². The highest BCUT2D eigenvalue weighted by Crippen LogP contribution is 2.44. The Balaban J connectivity index is 1.19. The van der Waals surface area contributed by atoms with Crippen LogP contribution in [0.2, 0.25) is 0 Å². The number of hydrogen-bond donors (Lipinski definition) is 3. The quantitative estimate of drug-likeness (QED) is 0.394. The Morgan fingerprint density at radius 3 is 2.37 bits per heavy atom. The number of carbonyl (C=O) groups is 3. The van der Waals surface area contributed by atoms with Crippen LogP contribution in [-0.2, 0) is 27.3 Å². The van der Waals surface area contributed by atoms with Gasteiger partial charge >= 0.3 is 12.1 Å². The van der Waals surface area contributed by atoms with Gasteiger partial charge in [0, 0.05) is 23.8 Å². The van der Waals surface area contributed by atoms with Gasteiger partial charge < -0.3 is 20.5 Å². The summed E-state index contributed by atoms with van der Waals surface area (Å²) in [4.78, 5) is 39.6. The molecular formula is C26H27N3O5S. The molecular weight excluding hydrogens is 466 g/mol. The fourth-order valence-electron chi connectivity index (χ4n) is 4.17. The minimum Gasteiger partial charge on any atom is -0.481 e. The van der Waals surface area contributed by atoms with Gasteiger partial charge in [0.05, 0.1) is 18.7 Å². The highest BCUT2D eigenvalue weighted by atomic mass is 32.1. The number of nitrogens with one attached hydrogen (secondary N) is 2. The number of alkyl carbamates (subject to hydrolysis) is 1. The van der Waals surface area contributed by atoms with Crippen molar-refractivity contribution in [1.29, 1.82) is 0 Å². The van der Waals surface area contributed by atoms with Gasteiger partial charge in [-0.25, -0.2) is 9.78 Å². The van der Waals surface area contributed by atoms with E-state index in [-0.39, 0.29) is 37.3 Å². The van der Waals surface area contributed by atoms with Crippen LogP contribution in [0.15, 0.2) is 53.9 Å². The lowest BCUT2D eigenvalue weighted by molar-refractivity contribution is -0.136. The van der Waals surface area contributed by atoms with Crippen molar-refractivity contribution in [3.05, 3.63) is 75.7 Å². The van der Waals surface area contributed by atoms with E-state index < -0.39 is 12.1 Å². The lowest BCUT2D eigenvalue weighted by atomic mass is 9.98. The normalized spacial score (nSPS) is 12.9. The zero-order chi connectivity index (χ0) is 24.8. The summed E-state index contributed by atoms with van der Waals surface area (Å²) in [6, 6.07) is 16.3. The fourth-order valence-corrected chi connectivity index (χ4v) is 4.91. The van der Waals surface area contributed by atoms with E-state index in [0.717, 1.165) is 11.1 Å². The first-order valence-corrected chi connectivity index (χ1v) is 12.3. The molecule has 3 aromatic rings. The molecule has 1 aliphatic carbocycles. The molecule has 182 valence electrons. The zero-order valence-electron chi connectivity index (χ0n) is 19.3. The average Bonchev–Trinajstić information content (AvgIpc) is 3.42. The second kappa shape index (κ2) is 11.1. The van der Waals surface area contributed by atoms with E-state index >= 15 is 0 Å². The van der Waals surface area contributed by atoms with Crippen LogP contribution in [0.1, 0.15) is 41.1 Å². The van der Waals surface area contributed by atoms with Gasteiger partial charge in [-0.1, -0.05) is 55.5 Å². The third kappa shape index (κ3) is 6.05. The average molecular weight is 494 g/mol. The largest absolute Gasteiger partial charge is 0.481 e. The number of aromatic nitrogens is 1. The number of amides is 2. The predicted molar refractivity (Wildman–Crippen MR) is 132 cm³/mol. The molecule has 1 atom stereocenters. The third-order valence-corrected chi connectivity index (χ3v) is 6.88. The van der Waals surface area contributed by atoms with Gasteiger partial charge in [-0.15, -0.1) is 11.3 Å². The first-order valence-electron chi connectivity index (χ1n) is 11.4. The van der Waals surface area contributed by atoms with Crippen LogP contribution in [0.5, 0.6) is 0 Å². The molecule has 0 fully saturated rings. The minimum absolute atomic E-state index is 0.000253. The van der Waals surface area contributed by atoms with Crippen LogP contribution in [0.3, 0.4) is 0 Å². The Hall–Kier alpha value is -3.72. The van der Waals surface area contributed by atoms with E-state index in [2.05, 4.69) is 39.9 Å². The molecule has 1 heterocycles. The molecule has 2 aromatic carbocycles.